The lowest BCUT2D eigenvalue weighted by Crippen LogP contribution is -2.35. The first-order chi connectivity index (χ1) is 9.24. The van der Waals surface area contributed by atoms with E-state index in [1.54, 1.807) is 0 Å². The fourth-order valence-corrected chi connectivity index (χ4v) is 3.60. The lowest BCUT2D eigenvalue weighted by atomic mass is 9.88. The smallest absolute Gasteiger partial charge is 0.139 e. The molecule has 4 rings (SSSR count). The summed E-state index contributed by atoms with van der Waals surface area (Å²) >= 11 is 0. The minimum absolute atomic E-state index is 0.802. The van der Waals surface area contributed by atoms with E-state index in [-0.39, 0.29) is 0 Å². The first-order valence-electron chi connectivity index (χ1n) is 7.23. The second-order valence-electron chi connectivity index (χ2n) is 5.83. The van der Waals surface area contributed by atoms with Crippen LogP contribution >= 0.6 is 0 Å². The summed E-state index contributed by atoms with van der Waals surface area (Å²) in [4.78, 5) is 2.55. The minimum atomic E-state index is 0.802. The van der Waals surface area contributed by atoms with Gasteiger partial charge in [-0.1, -0.05) is 6.58 Å². The summed E-state index contributed by atoms with van der Waals surface area (Å²) in [6.07, 6.45) is 7.09. The van der Waals surface area contributed by atoms with E-state index in [9.17, 15) is 0 Å². The number of aryl methyl sites for hydroxylation is 1. The molecule has 19 heavy (non-hydrogen) atoms. The molecule has 2 nitrogen and oxygen atoms in total. The fourth-order valence-electron chi connectivity index (χ4n) is 3.60. The summed E-state index contributed by atoms with van der Waals surface area (Å²) in [5.41, 5.74) is 6.80. The van der Waals surface area contributed by atoms with Crippen LogP contribution < -0.4 is 9.64 Å². The third kappa shape index (κ3) is 1.55. The Morgan fingerprint density at radius 1 is 1.21 bits per heavy atom. The highest BCUT2D eigenvalue weighted by Crippen LogP contribution is 2.45. The van der Waals surface area contributed by atoms with E-state index in [2.05, 4.69) is 30.5 Å². The summed E-state index contributed by atoms with van der Waals surface area (Å²) in [7, 11) is 0. The Hall–Kier alpha value is -1.70. The van der Waals surface area contributed by atoms with E-state index >= 15 is 0 Å². The van der Waals surface area contributed by atoms with Crippen molar-refractivity contribution in [3.05, 3.63) is 40.7 Å². The number of rotatable bonds is 0. The zero-order valence-corrected chi connectivity index (χ0v) is 11.5. The van der Waals surface area contributed by atoms with Crippen molar-refractivity contribution >= 4 is 11.8 Å². The first kappa shape index (κ1) is 11.2. The molecule has 0 fully saturated rings. The average Bonchev–Trinajstić information content (AvgIpc) is 2.42. The van der Waals surface area contributed by atoms with Crippen molar-refractivity contribution in [2.75, 3.05) is 18.0 Å². The van der Waals surface area contributed by atoms with E-state index in [1.165, 1.54) is 54.7 Å². The number of hydrogen-bond donors (Lipinski definition) is 0. The lowest BCUT2D eigenvalue weighted by Gasteiger charge is -2.38. The molecule has 0 spiro atoms. The third-order valence-electron chi connectivity index (χ3n) is 4.54. The normalized spacial score (nSPS) is 20.4. The van der Waals surface area contributed by atoms with Gasteiger partial charge in [-0.2, -0.15) is 0 Å². The van der Waals surface area contributed by atoms with Crippen LogP contribution in [0.3, 0.4) is 0 Å². The van der Waals surface area contributed by atoms with Gasteiger partial charge in [0, 0.05) is 29.9 Å². The molecule has 0 amide bonds. The van der Waals surface area contributed by atoms with Gasteiger partial charge >= 0.3 is 0 Å². The van der Waals surface area contributed by atoms with Gasteiger partial charge in [0.25, 0.3) is 0 Å². The zero-order chi connectivity index (χ0) is 13.0. The van der Waals surface area contributed by atoms with Crippen LogP contribution in [0.1, 0.15) is 36.5 Å². The highest BCUT2D eigenvalue weighted by atomic mass is 16.5. The number of allylic oxidation sites excluding steroid dienone is 1. The van der Waals surface area contributed by atoms with Crippen molar-refractivity contribution in [1.82, 2.24) is 0 Å². The van der Waals surface area contributed by atoms with Crippen LogP contribution in [0.25, 0.3) is 6.08 Å². The van der Waals surface area contributed by atoms with Crippen molar-refractivity contribution in [3.8, 4) is 5.75 Å². The van der Waals surface area contributed by atoms with Gasteiger partial charge in [-0.15, -0.1) is 0 Å². The highest BCUT2D eigenvalue weighted by molar-refractivity contribution is 5.77. The molecule has 3 heterocycles. The van der Waals surface area contributed by atoms with Crippen LogP contribution in [0.5, 0.6) is 5.75 Å². The Bertz CT molecular complexity index is 610. The van der Waals surface area contributed by atoms with Crippen LogP contribution in [0.15, 0.2) is 24.0 Å². The van der Waals surface area contributed by atoms with Gasteiger partial charge in [0.15, 0.2) is 0 Å². The maximum absolute atomic E-state index is 6.02. The number of benzene rings is 1. The molecule has 0 atom stereocenters. The van der Waals surface area contributed by atoms with Gasteiger partial charge < -0.3 is 9.64 Å². The van der Waals surface area contributed by atoms with Gasteiger partial charge in [0.2, 0.25) is 0 Å². The van der Waals surface area contributed by atoms with E-state index in [0.717, 1.165) is 23.5 Å². The summed E-state index contributed by atoms with van der Waals surface area (Å²) < 4.78 is 6.02. The van der Waals surface area contributed by atoms with Crippen LogP contribution in [0.2, 0.25) is 0 Å². The fraction of sp³-hybridized carbons (Fsp3) is 0.412. The Morgan fingerprint density at radius 2 is 2.00 bits per heavy atom. The minimum Gasteiger partial charge on any atom is -0.457 e. The van der Waals surface area contributed by atoms with Crippen LogP contribution in [-0.2, 0) is 12.8 Å². The molecule has 1 aromatic rings. The second kappa shape index (κ2) is 3.89. The summed E-state index contributed by atoms with van der Waals surface area (Å²) in [5.74, 6) is 1.87. The van der Waals surface area contributed by atoms with E-state index in [0.29, 0.717) is 0 Å². The highest BCUT2D eigenvalue weighted by Gasteiger charge is 2.29. The molecular formula is C17H19NO. The second-order valence-corrected chi connectivity index (χ2v) is 5.83. The van der Waals surface area contributed by atoms with Crippen LogP contribution in [0.4, 0.5) is 5.69 Å². The van der Waals surface area contributed by atoms with Gasteiger partial charge in [-0.25, -0.2) is 0 Å². The predicted molar refractivity (Wildman–Crippen MR) is 78.7 cm³/mol. The Kier molecular flexibility index (Phi) is 2.29. The Labute approximate surface area is 114 Å². The van der Waals surface area contributed by atoms with E-state index < -0.39 is 0 Å². The quantitative estimate of drug-likeness (QED) is 0.699. The van der Waals surface area contributed by atoms with E-state index in [1.807, 2.05) is 0 Å². The summed E-state index contributed by atoms with van der Waals surface area (Å²) in [5, 5.41) is 0. The number of ether oxygens (including phenoxy) is 1. The molecule has 0 saturated carbocycles. The maximum atomic E-state index is 6.02. The van der Waals surface area contributed by atoms with Crippen LogP contribution in [0, 0.1) is 0 Å². The molecule has 0 aliphatic carbocycles. The molecule has 3 aliphatic heterocycles. The average molecular weight is 253 g/mol. The Balaban J connectivity index is 1.98. The molecule has 0 radical (unpaired) electrons. The molecule has 2 heteroatoms. The number of nitrogens with zero attached hydrogens (tertiary/aromatic N) is 1. The van der Waals surface area contributed by atoms with E-state index in [4.69, 9.17) is 4.74 Å². The molecule has 3 aliphatic rings. The van der Waals surface area contributed by atoms with Gasteiger partial charge in [-0.3, -0.25) is 0 Å². The molecule has 98 valence electrons. The molecule has 0 aromatic heterocycles. The van der Waals surface area contributed by atoms with Gasteiger partial charge in [-0.05, 0) is 55.9 Å². The Morgan fingerprint density at radius 3 is 2.84 bits per heavy atom. The number of fused-ring (bicyclic) bond motifs is 2. The molecule has 0 bridgehead atoms. The monoisotopic (exact) mass is 253 g/mol. The summed E-state index contributed by atoms with van der Waals surface area (Å²) in [6, 6.07) is 2.33. The number of anilines is 1. The molecular weight excluding hydrogens is 234 g/mol. The van der Waals surface area contributed by atoms with Gasteiger partial charge in [0.1, 0.15) is 11.5 Å². The van der Waals surface area contributed by atoms with Gasteiger partial charge in [0.05, 0.1) is 0 Å². The zero-order valence-electron chi connectivity index (χ0n) is 11.5. The third-order valence-corrected chi connectivity index (χ3v) is 4.54. The largest absolute Gasteiger partial charge is 0.457 e. The molecule has 0 saturated heterocycles. The lowest BCUT2D eigenvalue weighted by molar-refractivity contribution is 0.425. The SMILES string of the molecule is C=C1Oc2c(cc3c4c2CCCN4CCC3)C=C1C. The van der Waals surface area contributed by atoms with Crippen molar-refractivity contribution in [2.45, 2.75) is 32.6 Å². The van der Waals surface area contributed by atoms with Crippen molar-refractivity contribution in [3.63, 3.8) is 0 Å². The first-order valence-corrected chi connectivity index (χ1v) is 7.23. The molecule has 1 aromatic carbocycles. The molecule has 0 unspecified atom stereocenters. The predicted octanol–water partition coefficient (Wildman–Crippen LogP) is 3.69. The van der Waals surface area contributed by atoms with Crippen molar-refractivity contribution in [2.24, 2.45) is 0 Å². The topological polar surface area (TPSA) is 12.5 Å². The standard InChI is InChI=1S/C17H19NO/c1-11-9-14-10-13-5-3-7-18-8-4-6-15(16(13)18)17(14)19-12(11)2/h9-10H,2-8H2,1H3. The summed E-state index contributed by atoms with van der Waals surface area (Å²) in [6.45, 7) is 8.49. The maximum Gasteiger partial charge on any atom is 0.139 e. The number of hydrogen-bond acceptors (Lipinski definition) is 2. The van der Waals surface area contributed by atoms with Crippen molar-refractivity contribution in [1.29, 1.82) is 0 Å². The van der Waals surface area contributed by atoms with Crippen molar-refractivity contribution < 1.29 is 4.74 Å². The molecule has 0 N–H and O–H groups in total. The van der Waals surface area contributed by atoms with Crippen LogP contribution in [-0.4, -0.2) is 13.1 Å².